The van der Waals surface area contributed by atoms with Gasteiger partial charge in [-0.25, -0.2) is 15.0 Å². The van der Waals surface area contributed by atoms with Crippen LogP contribution in [0.25, 0.3) is 112 Å². The smallest absolute Gasteiger partial charge is 0.160 e. The summed E-state index contributed by atoms with van der Waals surface area (Å²) in [5.41, 5.74) is 16.0. The second kappa shape index (κ2) is 15.5. The van der Waals surface area contributed by atoms with Crippen molar-refractivity contribution < 1.29 is 4.42 Å². The quantitative estimate of drug-likeness (QED) is 0.154. The number of hydrogen-bond donors (Lipinski definition) is 0. The SMILES string of the molecule is c1ccc(-c2ccc(-c3cc(-c4ccc(-c5nc6ccccc6c6oc(-c7ccccc7)c(-c7ccccc7)c56)cc4)nc(-c4ccc(-c5ccccc5)cc4)n3)cc2)cc1. The molecule has 286 valence electrons. The predicted molar refractivity (Wildman–Crippen MR) is 251 cm³/mol. The zero-order valence-electron chi connectivity index (χ0n) is 33.1. The molecule has 3 heterocycles. The third-order valence-corrected chi connectivity index (χ3v) is 11.3. The second-order valence-corrected chi connectivity index (χ2v) is 15.1. The van der Waals surface area contributed by atoms with Crippen LogP contribution in [-0.2, 0) is 0 Å². The molecule has 0 bridgehead atoms. The van der Waals surface area contributed by atoms with Crippen LogP contribution in [0.5, 0.6) is 0 Å². The summed E-state index contributed by atoms with van der Waals surface area (Å²) in [6.45, 7) is 0. The van der Waals surface area contributed by atoms with Gasteiger partial charge in [-0.2, -0.15) is 0 Å². The minimum atomic E-state index is 0.667. The number of benzene rings is 8. The minimum absolute atomic E-state index is 0.667. The zero-order chi connectivity index (χ0) is 40.5. The molecule has 0 atom stereocenters. The molecule has 0 N–H and O–H groups in total. The summed E-state index contributed by atoms with van der Waals surface area (Å²) < 4.78 is 6.93. The summed E-state index contributed by atoms with van der Waals surface area (Å²) in [6, 6.07) is 77.8. The molecule has 4 nitrogen and oxygen atoms in total. The van der Waals surface area contributed by atoms with Gasteiger partial charge in [0.25, 0.3) is 0 Å². The van der Waals surface area contributed by atoms with Crippen molar-refractivity contribution in [1.29, 1.82) is 0 Å². The zero-order valence-corrected chi connectivity index (χ0v) is 33.1. The first-order valence-electron chi connectivity index (χ1n) is 20.5. The lowest BCUT2D eigenvalue weighted by atomic mass is 9.94. The van der Waals surface area contributed by atoms with Crippen LogP contribution in [0.1, 0.15) is 0 Å². The normalized spacial score (nSPS) is 11.3. The molecule has 0 saturated heterocycles. The first-order valence-corrected chi connectivity index (χ1v) is 20.5. The van der Waals surface area contributed by atoms with Crippen molar-refractivity contribution in [3.05, 3.63) is 224 Å². The molecule has 0 amide bonds. The van der Waals surface area contributed by atoms with E-state index in [0.29, 0.717) is 5.82 Å². The van der Waals surface area contributed by atoms with Crippen LogP contribution in [-0.4, -0.2) is 15.0 Å². The molecule has 3 aromatic heterocycles. The second-order valence-electron chi connectivity index (χ2n) is 15.1. The molecule has 0 unspecified atom stereocenters. The van der Waals surface area contributed by atoms with E-state index in [4.69, 9.17) is 19.4 Å². The van der Waals surface area contributed by atoms with Gasteiger partial charge in [0.05, 0.1) is 28.0 Å². The number of pyridine rings is 1. The van der Waals surface area contributed by atoms with Crippen molar-refractivity contribution in [2.45, 2.75) is 0 Å². The number of rotatable bonds is 8. The van der Waals surface area contributed by atoms with Crippen molar-refractivity contribution in [2.24, 2.45) is 0 Å². The van der Waals surface area contributed by atoms with Gasteiger partial charge in [0.15, 0.2) is 5.82 Å². The highest BCUT2D eigenvalue weighted by Gasteiger charge is 2.24. The fraction of sp³-hybridized carbons (Fsp3) is 0. The van der Waals surface area contributed by atoms with Crippen LogP contribution in [0.4, 0.5) is 0 Å². The van der Waals surface area contributed by atoms with E-state index < -0.39 is 0 Å². The van der Waals surface area contributed by atoms with Gasteiger partial charge >= 0.3 is 0 Å². The van der Waals surface area contributed by atoms with Gasteiger partial charge in [0.2, 0.25) is 0 Å². The van der Waals surface area contributed by atoms with Gasteiger partial charge in [-0.1, -0.05) is 206 Å². The number of furan rings is 1. The Labute approximate surface area is 354 Å². The van der Waals surface area contributed by atoms with E-state index in [9.17, 15) is 0 Å². The standard InChI is InChI=1S/C57H37N3O/c1-5-15-38(16-6-1)40-25-29-42(30-26-40)50-37-51(60-57(59-50)47-35-27-41(28-36-47)39-17-7-2-8-18-39)43-31-33-45(34-32-43)54-53-52(44-19-9-3-10-20-44)55(46-21-11-4-12-22-46)61-56(53)48-23-13-14-24-49(48)58-54/h1-37H. The molecule has 0 saturated carbocycles. The average molecular weight is 780 g/mol. The minimum Gasteiger partial charge on any atom is -0.455 e. The molecular formula is C57H37N3O. The van der Waals surface area contributed by atoms with Crippen LogP contribution in [0.2, 0.25) is 0 Å². The first-order chi connectivity index (χ1) is 30.2. The largest absolute Gasteiger partial charge is 0.455 e. The highest BCUT2D eigenvalue weighted by atomic mass is 16.3. The molecule has 4 heteroatoms. The van der Waals surface area contributed by atoms with Crippen LogP contribution >= 0.6 is 0 Å². The molecule has 61 heavy (non-hydrogen) atoms. The van der Waals surface area contributed by atoms with Gasteiger partial charge in [-0.15, -0.1) is 0 Å². The number of hydrogen-bond acceptors (Lipinski definition) is 4. The summed E-state index contributed by atoms with van der Waals surface area (Å²) in [7, 11) is 0. The van der Waals surface area contributed by atoms with Crippen molar-refractivity contribution in [3.8, 4) is 89.9 Å². The first kappa shape index (κ1) is 35.9. The highest BCUT2D eigenvalue weighted by Crippen LogP contribution is 2.46. The maximum absolute atomic E-state index is 6.93. The Bertz CT molecular complexity index is 3190. The van der Waals surface area contributed by atoms with Gasteiger partial charge < -0.3 is 4.42 Å². The molecule has 0 aliphatic carbocycles. The molecule has 8 aromatic carbocycles. The average Bonchev–Trinajstić information content (AvgIpc) is 3.76. The summed E-state index contributed by atoms with van der Waals surface area (Å²) in [6.07, 6.45) is 0. The van der Waals surface area contributed by atoms with Crippen LogP contribution in [0.15, 0.2) is 229 Å². The molecule has 0 aliphatic rings. The number of nitrogens with zero attached hydrogens (tertiary/aromatic N) is 3. The van der Waals surface area contributed by atoms with Crippen molar-refractivity contribution >= 4 is 21.9 Å². The van der Waals surface area contributed by atoms with Crippen molar-refractivity contribution in [2.75, 3.05) is 0 Å². The summed E-state index contributed by atoms with van der Waals surface area (Å²) in [4.78, 5) is 15.7. The lowest BCUT2D eigenvalue weighted by Gasteiger charge is -2.12. The van der Waals surface area contributed by atoms with Gasteiger partial charge in [-0.3, -0.25) is 0 Å². The van der Waals surface area contributed by atoms with Crippen LogP contribution < -0.4 is 0 Å². The van der Waals surface area contributed by atoms with Crippen molar-refractivity contribution in [3.63, 3.8) is 0 Å². The molecule has 0 aliphatic heterocycles. The van der Waals surface area contributed by atoms with Gasteiger partial charge in [0, 0.05) is 38.8 Å². The maximum atomic E-state index is 6.93. The fourth-order valence-electron chi connectivity index (χ4n) is 8.25. The van der Waals surface area contributed by atoms with E-state index in [-0.39, 0.29) is 0 Å². The lowest BCUT2D eigenvalue weighted by Crippen LogP contribution is -1.96. The third kappa shape index (κ3) is 6.86. The Morgan fingerprint density at radius 3 is 1.26 bits per heavy atom. The van der Waals surface area contributed by atoms with Gasteiger partial charge in [-0.05, 0) is 46.0 Å². The predicted octanol–water partition coefficient (Wildman–Crippen LogP) is 15.1. The number of aromatic nitrogens is 3. The van der Waals surface area contributed by atoms with E-state index in [2.05, 4.69) is 188 Å². The topological polar surface area (TPSA) is 51.8 Å². The molecule has 0 radical (unpaired) electrons. The summed E-state index contributed by atoms with van der Waals surface area (Å²) in [5.74, 6) is 1.49. The third-order valence-electron chi connectivity index (χ3n) is 11.3. The van der Waals surface area contributed by atoms with Gasteiger partial charge in [0.1, 0.15) is 11.3 Å². The lowest BCUT2D eigenvalue weighted by molar-refractivity contribution is 0.636. The monoisotopic (exact) mass is 779 g/mol. The summed E-state index contributed by atoms with van der Waals surface area (Å²) in [5, 5.41) is 1.97. The molecule has 0 spiro atoms. The van der Waals surface area contributed by atoms with E-state index in [1.54, 1.807) is 0 Å². The maximum Gasteiger partial charge on any atom is 0.160 e. The molecule has 11 rings (SSSR count). The van der Waals surface area contributed by atoms with Crippen LogP contribution in [0, 0.1) is 0 Å². The Morgan fingerprint density at radius 2 is 0.721 bits per heavy atom. The van der Waals surface area contributed by atoms with E-state index in [1.165, 1.54) is 11.1 Å². The van der Waals surface area contributed by atoms with E-state index in [0.717, 1.165) is 94.8 Å². The Balaban J connectivity index is 1.05. The molecule has 0 fully saturated rings. The Hall–Kier alpha value is -8.21. The van der Waals surface area contributed by atoms with Crippen LogP contribution in [0.3, 0.4) is 0 Å². The molecular weight excluding hydrogens is 743 g/mol. The van der Waals surface area contributed by atoms with Crippen molar-refractivity contribution in [1.82, 2.24) is 15.0 Å². The Morgan fingerprint density at radius 1 is 0.311 bits per heavy atom. The summed E-state index contributed by atoms with van der Waals surface area (Å²) >= 11 is 0. The fourth-order valence-corrected chi connectivity index (χ4v) is 8.25. The highest BCUT2D eigenvalue weighted by molar-refractivity contribution is 6.16. The number of para-hydroxylation sites is 1. The number of fused-ring (bicyclic) bond motifs is 3. The molecule has 11 aromatic rings. The van der Waals surface area contributed by atoms with E-state index >= 15 is 0 Å². The Kier molecular flexibility index (Phi) is 9.14. The van der Waals surface area contributed by atoms with E-state index in [1.807, 2.05) is 36.4 Å².